The fourth-order valence-corrected chi connectivity index (χ4v) is 4.26. The maximum atomic E-state index is 13.1. The van der Waals surface area contributed by atoms with E-state index in [0.717, 1.165) is 12.8 Å². The van der Waals surface area contributed by atoms with Crippen molar-refractivity contribution in [1.82, 2.24) is 25.2 Å². The van der Waals surface area contributed by atoms with E-state index >= 15 is 0 Å². The number of carboxylic acids is 1. The maximum absolute atomic E-state index is 13.1. The van der Waals surface area contributed by atoms with Crippen LogP contribution in [0.25, 0.3) is 0 Å². The van der Waals surface area contributed by atoms with Crippen LogP contribution < -0.4 is 10.6 Å². The number of nitrogens with one attached hydrogen (secondary N) is 2. The molecule has 1 aromatic carbocycles. The van der Waals surface area contributed by atoms with Gasteiger partial charge in [0.1, 0.15) is 11.7 Å². The number of hydrogen-bond acceptors (Lipinski definition) is 8. The van der Waals surface area contributed by atoms with E-state index in [0.29, 0.717) is 24.2 Å². The predicted octanol–water partition coefficient (Wildman–Crippen LogP) is 2.40. The van der Waals surface area contributed by atoms with Crippen molar-refractivity contribution < 1.29 is 29.1 Å². The van der Waals surface area contributed by atoms with Crippen molar-refractivity contribution in [3.63, 3.8) is 0 Å². The van der Waals surface area contributed by atoms with Crippen molar-refractivity contribution >= 4 is 35.7 Å². The molecule has 12 nitrogen and oxygen atoms in total. The van der Waals surface area contributed by atoms with Gasteiger partial charge in [0, 0.05) is 38.0 Å². The summed E-state index contributed by atoms with van der Waals surface area (Å²) in [6.45, 7) is 6.36. The van der Waals surface area contributed by atoms with E-state index in [9.17, 15) is 24.0 Å². The SMILES string of the molecule is CCCC(C)(C)CC(=O)O.CN(C(=O)c1c(C=O)cccc1NCc1cn(C)nn1)C1CCC(=O)NC1=O. The number of imide groups is 1. The van der Waals surface area contributed by atoms with Crippen LogP contribution in [0.15, 0.2) is 24.4 Å². The van der Waals surface area contributed by atoms with E-state index in [1.807, 2.05) is 13.8 Å². The summed E-state index contributed by atoms with van der Waals surface area (Å²) in [7, 11) is 3.23. The lowest BCUT2D eigenvalue weighted by Gasteiger charge is -2.30. The van der Waals surface area contributed by atoms with Crippen LogP contribution in [0.3, 0.4) is 0 Å². The molecule has 1 atom stereocenters. The van der Waals surface area contributed by atoms with Crippen molar-refractivity contribution in [3.8, 4) is 0 Å². The summed E-state index contributed by atoms with van der Waals surface area (Å²) in [5.41, 5.74) is 1.44. The number of rotatable bonds is 10. The van der Waals surface area contributed by atoms with Gasteiger partial charge in [0.25, 0.3) is 5.91 Å². The second kappa shape index (κ2) is 13.5. The summed E-state index contributed by atoms with van der Waals surface area (Å²) < 4.78 is 1.56. The van der Waals surface area contributed by atoms with Gasteiger partial charge in [0.2, 0.25) is 11.8 Å². The molecule has 1 aromatic heterocycles. The zero-order valence-electron chi connectivity index (χ0n) is 22.5. The Bertz CT molecular complexity index is 1170. The second-order valence-corrected chi connectivity index (χ2v) is 9.99. The molecule has 1 fully saturated rings. The van der Waals surface area contributed by atoms with Crippen LogP contribution in [-0.2, 0) is 28.0 Å². The van der Waals surface area contributed by atoms with E-state index < -0.39 is 23.8 Å². The molecule has 0 saturated carbocycles. The molecule has 1 aliphatic rings. The maximum Gasteiger partial charge on any atom is 0.303 e. The highest BCUT2D eigenvalue weighted by atomic mass is 16.4. The standard InChI is InChI=1S/C18H20N6O4.C8H16O2/c1-23-9-12(21-22-23)8-19-13-5-3-4-11(10-25)16(13)18(28)24(2)14-6-7-15(26)20-17(14)27;1-4-5-8(2,3)6-7(9)10/h3-5,9-10,14,19H,6-8H2,1-2H3,(H,20,26,27);4-6H2,1-3H3,(H,9,10). The molecule has 38 heavy (non-hydrogen) atoms. The van der Waals surface area contributed by atoms with Gasteiger partial charge in [-0.1, -0.05) is 44.5 Å². The molecule has 3 N–H and O–H groups in total. The van der Waals surface area contributed by atoms with Crippen LogP contribution in [-0.4, -0.2) is 68.1 Å². The van der Waals surface area contributed by atoms with E-state index in [-0.39, 0.29) is 41.7 Å². The number of amides is 3. The lowest BCUT2D eigenvalue weighted by Crippen LogP contribution is -2.53. The number of carbonyl (C=O) groups excluding carboxylic acids is 4. The Morgan fingerprint density at radius 1 is 1.32 bits per heavy atom. The van der Waals surface area contributed by atoms with Crippen molar-refractivity contribution in [2.24, 2.45) is 12.5 Å². The molecule has 0 radical (unpaired) electrons. The number of anilines is 1. The third-order valence-electron chi connectivity index (χ3n) is 6.10. The molecule has 3 rings (SSSR count). The third-order valence-corrected chi connectivity index (χ3v) is 6.10. The Labute approximate surface area is 221 Å². The molecule has 1 aliphatic heterocycles. The van der Waals surface area contributed by atoms with Gasteiger partial charge in [-0.3, -0.25) is 34.0 Å². The number of benzene rings is 1. The summed E-state index contributed by atoms with van der Waals surface area (Å²) in [5, 5.41) is 21.6. The van der Waals surface area contributed by atoms with Crippen molar-refractivity contribution in [2.45, 2.75) is 65.5 Å². The molecule has 0 aliphatic carbocycles. The van der Waals surface area contributed by atoms with Crippen molar-refractivity contribution in [1.29, 1.82) is 0 Å². The number of carbonyl (C=O) groups is 5. The molecule has 0 spiro atoms. The lowest BCUT2D eigenvalue weighted by atomic mass is 9.85. The average Bonchev–Trinajstić information content (AvgIpc) is 3.26. The Morgan fingerprint density at radius 3 is 2.58 bits per heavy atom. The third kappa shape index (κ3) is 8.49. The minimum absolute atomic E-state index is 0.0272. The van der Waals surface area contributed by atoms with Crippen LogP contribution in [0.4, 0.5) is 5.69 Å². The summed E-state index contributed by atoms with van der Waals surface area (Å²) in [5.74, 6) is -2.07. The van der Waals surface area contributed by atoms with Gasteiger partial charge in [0.05, 0.1) is 18.5 Å². The first-order valence-corrected chi connectivity index (χ1v) is 12.4. The number of hydrogen-bond donors (Lipinski definition) is 3. The highest BCUT2D eigenvalue weighted by Gasteiger charge is 2.34. The first kappa shape index (κ1) is 30.1. The molecular weight excluding hydrogens is 492 g/mol. The van der Waals surface area contributed by atoms with E-state index in [2.05, 4.69) is 27.9 Å². The smallest absolute Gasteiger partial charge is 0.303 e. The molecule has 2 aromatic rings. The molecule has 1 saturated heterocycles. The van der Waals surface area contributed by atoms with Crippen molar-refractivity contribution in [3.05, 3.63) is 41.2 Å². The first-order valence-electron chi connectivity index (χ1n) is 12.4. The van der Waals surface area contributed by atoms with Gasteiger partial charge in [-0.05, 0) is 24.3 Å². The molecule has 0 bridgehead atoms. The van der Waals surface area contributed by atoms with E-state index in [1.165, 1.54) is 18.0 Å². The first-order chi connectivity index (χ1) is 17.9. The lowest BCUT2D eigenvalue weighted by molar-refractivity contribution is -0.139. The van der Waals surface area contributed by atoms with Crippen molar-refractivity contribution in [2.75, 3.05) is 12.4 Å². The normalized spacial score (nSPS) is 15.1. The highest BCUT2D eigenvalue weighted by molar-refractivity contribution is 6.08. The minimum Gasteiger partial charge on any atom is -0.481 e. The predicted molar refractivity (Wildman–Crippen MR) is 139 cm³/mol. The van der Waals surface area contributed by atoms with Crippen LogP contribution in [0.2, 0.25) is 0 Å². The summed E-state index contributed by atoms with van der Waals surface area (Å²) in [4.78, 5) is 59.6. The Morgan fingerprint density at radius 2 is 2.03 bits per heavy atom. The number of carboxylic acid groups (broad SMARTS) is 1. The number of aliphatic carboxylic acids is 1. The van der Waals surface area contributed by atoms with Crippen LogP contribution in [0, 0.1) is 5.41 Å². The molecule has 2 heterocycles. The highest BCUT2D eigenvalue weighted by Crippen LogP contribution is 2.26. The van der Waals surface area contributed by atoms with Crippen LogP contribution >= 0.6 is 0 Å². The molecular formula is C26H36N6O6. The van der Waals surface area contributed by atoms with Gasteiger partial charge in [-0.15, -0.1) is 5.10 Å². The van der Waals surface area contributed by atoms with Gasteiger partial charge in [-0.25, -0.2) is 0 Å². The van der Waals surface area contributed by atoms with Crippen LogP contribution in [0.5, 0.6) is 0 Å². The van der Waals surface area contributed by atoms with Gasteiger partial charge in [-0.2, -0.15) is 0 Å². The minimum atomic E-state index is -0.780. The Kier molecular flexibility index (Phi) is 10.7. The van der Waals surface area contributed by atoms with Crippen LogP contribution in [0.1, 0.15) is 79.3 Å². The van der Waals surface area contributed by atoms with Gasteiger partial charge >= 0.3 is 5.97 Å². The number of likely N-dealkylation sites (N-methyl/N-ethyl adjacent to an activating group) is 1. The van der Waals surface area contributed by atoms with Gasteiger partial charge < -0.3 is 15.3 Å². The number of aromatic nitrogens is 3. The number of aldehydes is 1. The quantitative estimate of drug-likeness (QED) is 0.310. The largest absolute Gasteiger partial charge is 0.481 e. The molecule has 3 amide bonds. The van der Waals surface area contributed by atoms with E-state index in [1.54, 1.807) is 30.1 Å². The Hall–Kier alpha value is -4.09. The monoisotopic (exact) mass is 528 g/mol. The number of aryl methyl sites for hydroxylation is 1. The second-order valence-electron chi connectivity index (χ2n) is 9.99. The van der Waals surface area contributed by atoms with E-state index in [4.69, 9.17) is 5.11 Å². The summed E-state index contributed by atoms with van der Waals surface area (Å²) >= 11 is 0. The summed E-state index contributed by atoms with van der Waals surface area (Å²) in [6, 6.07) is 4.09. The Balaban J connectivity index is 0.000000432. The topological polar surface area (TPSA) is 164 Å². The zero-order chi connectivity index (χ0) is 28.5. The van der Waals surface area contributed by atoms with Gasteiger partial charge in [0.15, 0.2) is 6.29 Å². The number of nitrogens with zero attached hydrogens (tertiary/aromatic N) is 4. The molecule has 206 valence electrons. The molecule has 1 unspecified atom stereocenters. The fourth-order valence-electron chi connectivity index (χ4n) is 4.26. The molecule has 12 heteroatoms. The average molecular weight is 529 g/mol. The number of piperidine rings is 1. The fraction of sp³-hybridized carbons (Fsp3) is 0.500. The zero-order valence-corrected chi connectivity index (χ0v) is 22.5. The summed E-state index contributed by atoms with van der Waals surface area (Å²) in [6.07, 6.45) is 5.03.